The number of nitrogens with one attached hydrogen (secondary N) is 2. The predicted molar refractivity (Wildman–Crippen MR) is 150 cm³/mol. The van der Waals surface area contributed by atoms with Gasteiger partial charge < -0.3 is 15.5 Å². The molecular formula is C27H33N7S2. The van der Waals surface area contributed by atoms with Crippen LogP contribution >= 0.6 is 24.0 Å². The molecule has 0 unspecified atom stereocenters. The fourth-order valence-electron chi connectivity index (χ4n) is 5.32. The quantitative estimate of drug-likeness (QED) is 0.241. The summed E-state index contributed by atoms with van der Waals surface area (Å²) in [6.45, 7) is 5.08. The highest BCUT2D eigenvalue weighted by atomic mass is 32.2. The lowest BCUT2D eigenvalue weighted by Crippen LogP contribution is -2.41. The number of nitrogens with zero attached hydrogens (tertiary/aromatic N) is 5. The van der Waals surface area contributed by atoms with Crippen LogP contribution in [0.1, 0.15) is 51.0 Å². The van der Waals surface area contributed by atoms with E-state index in [-0.39, 0.29) is 5.41 Å². The van der Waals surface area contributed by atoms with Crippen molar-refractivity contribution in [2.45, 2.75) is 61.0 Å². The third-order valence-electron chi connectivity index (χ3n) is 7.17. The highest BCUT2D eigenvalue weighted by molar-refractivity contribution is 7.99. The van der Waals surface area contributed by atoms with Gasteiger partial charge in [-0.3, -0.25) is 0 Å². The fourth-order valence-corrected chi connectivity index (χ4v) is 6.19. The molecule has 1 atom stereocenters. The second kappa shape index (κ2) is 11.5. The van der Waals surface area contributed by atoms with Crippen molar-refractivity contribution in [2.24, 2.45) is 5.92 Å². The maximum Gasteiger partial charge on any atom is 0.232 e. The molecule has 3 aromatic rings. The van der Waals surface area contributed by atoms with E-state index < -0.39 is 0 Å². The highest BCUT2D eigenvalue weighted by Gasteiger charge is 2.35. The van der Waals surface area contributed by atoms with Gasteiger partial charge in [-0.2, -0.15) is 4.98 Å². The molecule has 188 valence electrons. The number of rotatable bonds is 7. The Morgan fingerprint density at radius 3 is 2.61 bits per heavy atom. The molecule has 3 heterocycles. The van der Waals surface area contributed by atoms with Crippen LogP contribution in [-0.4, -0.2) is 44.7 Å². The first-order chi connectivity index (χ1) is 17.6. The SMILES string of the molecule is C[C@@H]1CCCN(c2cc(Sc3ncccn3)nc(NC(=S)NCC3(c4ccccc4)CCCC3)n2)C1. The van der Waals surface area contributed by atoms with Crippen LogP contribution in [0.3, 0.4) is 0 Å². The van der Waals surface area contributed by atoms with E-state index in [1.54, 1.807) is 12.4 Å². The summed E-state index contributed by atoms with van der Waals surface area (Å²) in [6.07, 6.45) is 10.7. The summed E-state index contributed by atoms with van der Waals surface area (Å²) in [5, 5.41) is 8.76. The highest BCUT2D eigenvalue weighted by Crippen LogP contribution is 2.40. The number of piperidine rings is 1. The predicted octanol–water partition coefficient (Wildman–Crippen LogP) is 5.45. The summed E-state index contributed by atoms with van der Waals surface area (Å²) < 4.78 is 0. The van der Waals surface area contributed by atoms with Crippen molar-refractivity contribution in [3.63, 3.8) is 0 Å². The largest absolute Gasteiger partial charge is 0.361 e. The van der Waals surface area contributed by atoms with Crippen LogP contribution in [0.25, 0.3) is 0 Å². The lowest BCUT2D eigenvalue weighted by molar-refractivity contribution is 0.435. The molecule has 1 aliphatic heterocycles. The minimum Gasteiger partial charge on any atom is -0.361 e. The summed E-state index contributed by atoms with van der Waals surface area (Å²) >= 11 is 7.15. The fraction of sp³-hybridized carbons (Fsp3) is 0.444. The van der Waals surface area contributed by atoms with Gasteiger partial charge in [0.15, 0.2) is 10.3 Å². The third-order valence-corrected chi connectivity index (χ3v) is 8.23. The Bertz CT molecular complexity index is 1150. The van der Waals surface area contributed by atoms with Gasteiger partial charge in [-0.1, -0.05) is 50.1 Å². The number of anilines is 2. The average Bonchev–Trinajstić information content (AvgIpc) is 3.39. The Kier molecular flexibility index (Phi) is 7.96. The zero-order chi connectivity index (χ0) is 24.8. The molecule has 5 rings (SSSR count). The third kappa shape index (κ3) is 6.13. The Labute approximate surface area is 222 Å². The van der Waals surface area contributed by atoms with E-state index in [2.05, 4.69) is 62.8 Å². The van der Waals surface area contributed by atoms with E-state index >= 15 is 0 Å². The number of hydrogen-bond donors (Lipinski definition) is 2. The molecule has 1 aromatic carbocycles. The van der Waals surface area contributed by atoms with Gasteiger partial charge in [0.25, 0.3) is 0 Å². The van der Waals surface area contributed by atoms with Gasteiger partial charge in [-0.25, -0.2) is 15.0 Å². The second-order valence-corrected chi connectivity index (χ2v) is 11.3. The molecule has 1 saturated carbocycles. The number of hydrogen-bond acceptors (Lipinski definition) is 7. The van der Waals surface area contributed by atoms with Gasteiger partial charge >= 0.3 is 0 Å². The molecule has 1 aliphatic carbocycles. The Balaban J connectivity index is 1.32. The summed E-state index contributed by atoms with van der Waals surface area (Å²) in [4.78, 5) is 20.6. The molecule has 0 bridgehead atoms. The van der Waals surface area contributed by atoms with Gasteiger partial charge in [-0.15, -0.1) is 0 Å². The average molecular weight is 520 g/mol. The van der Waals surface area contributed by atoms with Crippen molar-refractivity contribution >= 4 is 40.9 Å². The van der Waals surface area contributed by atoms with E-state index in [1.165, 1.54) is 55.9 Å². The molecule has 1 saturated heterocycles. The van der Waals surface area contributed by atoms with Crippen molar-refractivity contribution in [3.8, 4) is 0 Å². The van der Waals surface area contributed by atoms with Gasteiger partial charge in [0.05, 0.1) is 0 Å². The molecule has 2 fully saturated rings. The van der Waals surface area contributed by atoms with E-state index in [0.717, 1.165) is 30.5 Å². The molecule has 36 heavy (non-hydrogen) atoms. The Hall–Kier alpha value is -2.78. The first-order valence-corrected chi connectivity index (χ1v) is 14.0. The van der Waals surface area contributed by atoms with Crippen molar-refractivity contribution in [2.75, 3.05) is 29.9 Å². The van der Waals surface area contributed by atoms with Crippen LogP contribution in [0.5, 0.6) is 0 Å². The molecule has 0 amide bonds. The molecule has 2 aromatic heterocycles. The van der Waals surface area contributed by atoms with Gasteiger partial charge in [-0.05, 0) is 67.2 Å². The van der Waals surface area contributed by atoms with Gasteiger partial charge in [0, 0.05) is 43.5 Å². The van der Waals surface area contributed by atoms with Crippen molar-refractivity contribution < 1.29 is 0 Å². The van der Waals surface area contributed by atoms with Crippen molar-refractivity contribution in [1.82, 2.24) is 25.3 Å². The lowest BCUT2D eigenvalue weighted by atomic mass is 9.79. The topological polar surface area (TPSA) is 78.9 Å². The smallest absolute Gasteiger partial charge is 0.232 e. The molecule has 7 nitrogen and oxygen atoms in total. The van der Waals surface area contributed by atoms with Crippen LogP contribution in [0.4, 0.5) is 11.8 Å². The molecule has 2 N–H and O–H groups in total. The van der Waals surface area contributed by atoms with E-state index in [9.17, 15) is 0 Å². The summed E-state index contributed by atoms with van der Waals surface area (Å²) in [5.74, 6) is 2.06. The zero-order valence-electron chi connectivity index (χ0n) is 20.7. The van der Waals surface area contributed by atoms with Gasteiger partial charge in [0.2, 0.25) is 5.95 Å². The summed E-state index contributed by atoms with van der Waals surface area (Å²) in [6, 6.07) is 14.7. The van der Waals surface area contributed by atoms with Crippen LogP contribution in [-0.2, 0) is 5.41 Å². The summed E-state index contributed by atoms with van der Waals surface area (Å²) in [5.41, 5.74) is 1.50. The van der Waals surface area contributed by atoms with Crippen molar-refractivity contribution in [3.05, 3.63) is 60.4 Å². The number of benzene rings is 1. The Morgan fingerprint density at radius 1 is 1.08 bits per heavy atom. The van der Waals surface area contributed by atoms with E-state index in [0.29, 0.717) is 22.1 Å². The number of thiocarbonyl (C=S) groups is 1. The second-order valence-electron chi connectivity index (χ2n) is 9.88. The van der Waals surface area contributed by atoms with Crippen molar-refractivity contribution in [1.29, 1.82) is 0 Å². The normalized spacial score (nSPS) is 19.1. The van der Waals surface area contributed by atoms with Crippen LogP contribution in [0.15, 0.2) is 65.0 Å². The minimum atomic E-state index is 0.116. The maximum absolute atomic E-state index is 5.71. The first-order valence-electron chi connectivity index (χ1n) is 12.8. The lowest BCUT2D eigenvalue weighted by Gasteiger charge is -2.32. The minimum absolute atomic E-state index is 0.116. The maximum atomic E-state index is 5.71. The molecule has 0 spiro atoms. The summed E-state index contributed by atoms with van der Waals surface area (Å²) in [7, 11) is 0. The zero-order valence-corrected chi connectivity index (χ0v) is 22.3. The first kappa shape index (κ1) is 24.9. The molecule has 2 aliphatic rings. The molecular weight excluding hydrogens is 486 g/mol. The van der Waals surface area contributed by atoms with Crippen LogP contribution in [0, 0.1) is 5.92 Å². The van der Waals surface area contributed by atoms with E-state index in [1.807, 2.05) is 12.1 Å². The van der Waals surface area contributed by atoms with E-state index in [4.69, 9.17) is 22.2 Å². The monoisotopic (exact) mass is 519 g/mol. The van der Waals surface area contributed by atoms with Gasteiger partial charge in [0.1, 0.15) is 10.8 Å². The molecule has 0 radical (unpaired) electrons. The van der Waals surface area contributed by atoms with Crippen LogP contribution < -0.4 is 15.5 Å². The molecule has 9 heteroatoms. The van der Waals surface area contributed by atoms with Crippen LogP contribution in [0.2, 0.25) is 0 Å². The Morgan fingerprint density at radius 2 is 1.86 bits per heavy atom. The number of aromatic nitrogens is 4. The standard InChI is InChI=1S/C27H33N7S2/c1-20-9-7-16-34(18-20)22-17-23(36-26-28-14-8-15-29-26)32-24(31-22)33-25(35)30-19-27(12-5-6-13-27)21-10-3-2-4-11-21/h2-4,8,10-11,14-15,17,20H,5-7,9,12-13,16,18-19H2,1H3,(H2,30,31,32,33,35)/t20-/m1/s1.